The molecule has 0 unspecified atom stereocenters. The first-order valence-electron chi connectivity index (χ1n) is 6.72. The highest BCUT2D eigenvalue weighted by Crippen LogP contribution is 2.17. The van der Waals surface area contributed by atoms with Crippen molar-refractivity contribution in [2.75, 3.05) is 17.6 Å². The Morgan fingerprint density at radius 2 is 1.90 bits per heavy atom. The lowest BCUT2D eigenvalue weighted by molar-refractivity contribution is 0.854. The molecule has 21 heavy (non-hydrogen) atoms. The fraction of sp³-hybridized carbons (Fsp3) is 0.188. The van der Waals surface area contributed by atoms with Gasteiger partial charge in [-0.05, 0) is 54.7 Å². The fourth-order valence-corrected chi connectivity index (χ4v) is 3.22. The highest BCUT2D eigenvalue weighted by Gasteiger charge is 1.98. The van der Waals surface area contributed by atoms with Gasteiger partial charge in [-0.25, -0.2) is 0 Å². The molecule has 2 rings (SSSR count). The minimum Gasteiger partial charge on any atom is -0.362 e. The van der Waals surface area contributed by atoms with Crippen LogP contribution in [0.5, 0.6) is 0 Å². The number of thiocarbonyl (C=S) groups is 1. The summed E-state index contributed by atoms with van der Waals surface area (Å²) in [7, 11) is 0. The van der Waals surface area contributed by atoms with E-state index in [4.69, 9.17) is 12.2 Å². The zero-order valence-electron chi connectivity index (χ0n) is 11.5. The molecule has 2 aromatic rings. The predicted molar refractivity (Wildman–Crippen MR) is 100 cm³/mol. The standard InChI is InChI=1S/C16H17BrN2S2/c17-13-6-4-7-14(12-13)19-16(20)18-10-5-11-21-15-8-2-1-3-9-15/h1-4,6-9,12H,5,10-11H2,(H2,18,19,20). The third-order valence-electron chi connectivity index (χ3n) is 2.70. The Morgan fingerprint density at radius 3 is 2.67 bits per heavy atom. The topological polar surface area (TPSA) is 24.1 Å². The van der Waals surface area contributed by atoms with Gasteiger partial charge in [0.2, 0.25) is 0 Å². The highest BCUT2D eigenvalue weighted by atomic mass is 79.9. The van der Waals surface area contributed by atoms with E-state index in [1.54, 1.807) is 0 Å². The summed E-state index contributed by atoms with van der Waals surface area (Å²) in [5.74, 6) is 1.08. The Balaban J connectivity index is 1.61. The van der Waals surface area contributed by atoms with Gasteiger partial charge in [0, 0.05) is 21.6 Å². The van der Waals surface area contributed by atoms with E-state index in [9.17, 15) is 0 Å². The Hall–Kier alpha value is -1.04. The van der Waals surface area contributed by atoms with Crippen molar-refractivity contribution in [2.24, 2.45) is 0 Å². The zero-order chi connectivity index (χ0) is 14.9. The van der Waals surface area contributed by atoms with Gasteiger partial charge < -0.3 is 10.6 Å². The number of anilines is 1. The molecular weight excluding hydrogens is 364 g/mol. The van der Waals surface area contributed by atoms with Crippen LogP contribution in [0.25, 0.3) is 0 Å². The number of rotatable bonds is 6. The Morgan fingerprint density at radius 1 is 1.10 bits per heavy atom. The molecule has 2 N–H and O–H groups in total. The predicted octanol–water partition coefficient (Wildman–Crippen LogP) is 4.92. The van der Waals surface area contributed by atoms with Crippen molar-refractivity contribution in [3.63, 3.8) is 0 Å². The van der Waals surface area contributed by atoms with E-state index >= 15 is 0 Å². The van der Waals surface area contributed by atoms with Crippen molar-refractivity contribution in [3.8, 4) is 0 Å². The van der Waals surface area contributed by atoms with Gasteiger partial charge in [-0.15, -0.1) is 11.8 Å². The molecular formula is C16H17BrN2S2. The molecule has 0 spiro atoms. The molecule has 0 heterocycles. The molecule has 2 aromatic carbocycles. The molecule has 110 valence electrons. The third kappa shape index (κ3) is 6.50. The van der Waals surface area contributed by atoms with Gasteiger partial charge in [-0.3, -0.25) is 0 Å². The van der Waals surface area contributed by atoms with E-state index in [2.05, 4.69) is 50.8 Å². The molecule has 0 aromatic heterocycles. The Labute approximate surface area is 143 Å². The van der Waals surface area contributed by atoms with Crippen LogP contribution < -0.4 is 10.6 Å². The molecule has 0 aliphatic rings. The van der Waals surface area contributed by atoms with Crippen molar-refractivity contribution in [2.45, 2.75) is 11.3 Å². The third-order valence-corrected chi connectivity index (χ3v) is 4.54. The van der Waals surface area contributed by atoms with Crippen LogP contribution in [0, 0.1) is 0 Å². The molecule has 0 saturated heterocycles. The maximum absolute atomic E-state index is 5.28. The van der Waals surface area contributed by atoms with Gasteiger partial charge in [0.25, 0.3) is 0 Å². The van der Waals surface area contributed by atoms with Gasteiger partial charge in [0.05, 0.1) is 0 Å². The summed E-state index contributed by atoms with van der Waals surface area (Å²) in [6.45, 7) is 0.875. The van der Waals surface area contributed by atoms with Crippen LogP contribution in [0.4, 0.5) is 5.69 Å². The smallest absolute Gasteiger partial charge is 0.170 e. The molecule has 0 atom stereocenters. The first-order chi connectivity index (χ1) is 10.2. The normalized spacial score (nSPS) is 10.1. The van der Waals surface area contributed by atoms with Crippen molar-refractivity contribution in [1.29, 1.82) is 0 Å². The summed E-state index contributed by atoms with van der Waals surface area (Å²) in [5.41, 5.74) is 0.987. The quantitative estimate of drug-likeness (QED) is 0.422. The number of hydrogen-bond acceptors (Lipinski definition) is 2. The van der Waals surface area contributed by atoms with Crippen LogP contribution in [0.2, 0.25) is 0 Å². The van der Waals surface area contributed by atoms with Crippen molar-refractivity contribution < 1.29 is 0 Å². The Bertz CT molecular complexity index is 575. The lowest BCUT2D eigenvalue weighted by Gasteiger charge is -2.10. The number of nitrogens with one attached hydrogen (secondary N) is 2. The van der Waals surface area contributed by atoms with Crippen molar-refractivity contribution in [1.82, 2.24) is 5.32 Å². The van der Waals surface area contributed by atoms with E-state index in [0.717, 1.165) is 28.9 Å². The summed E-state index contributed by atoms with van der Waals surface area (Å²) in [5, 5.41) is 7.07. The molecule has 0 aliphatic carbocycles. The molecule has 0 bridgehead atoms. The molecule has 0 radical (unpaired) electrons. The van der Waals surface area contributed by atoms with Crippen LogP contribution in [-0.4, -0.2) is 17.4 Å². The van der Waals surface area contributed by atoms with Crippen LogP contribution in [0.1, 0.15) is 6.42 Å². The van der Waals surface area contributed by atoms with Gasteiger partial charge >= 0.3 is 0 Å². The molecule has 0 fully saturated rings. The minimum absolute atomic E-state index is 0.665. The minimum atomic E-state index is 0.665. The van der Waals surface area contributed by atoms with E-state index < -0.39 is 0 Å². The fourth-order valence-electron chi connectivity index (χ4n) is 1.72. The van der Waals surface area contributed by atoms with Gasteiger partial charge in [0.15, 0.2) is 5.11 Å². The van der Waals surface area contributed by atoms with Gasteiger partial charge in [-0.1, -0.05) is 40.2 Å². The van der Waals surface area contributed by atoms with Crippen LogP contribution in [0.3, 0.4) is 0 Å². The van der Waals surface area contributed by atoms with Gasteiger partial charge in [0.1, 0.15) is 0 Å². The highest BCUT2D eigenvalue weighted by molar-refractivity contribution is 9.10. The summed E-state index contributed by atoms with van der Waals surface area (Å²) < 4.78 is 1.04. The first kappa shape index (κ1) is 16.3. The van der Waals surface area contributed by atoms with Crippen molar-refractivity contribution in [3.05, 3.63) is 59.1 Å². The lowest BCUT2D eigenvalue weighted by atomic mass is 10.3. The van der Waals surface area contributed by atoms with Gasteiger partial charge in [-0.2, -0.15) is 0 Å². The maximum atomic E-state index is 5.28. The molecule has 2 nitrogen and oxygen atoms in total. The number of hydrogen-bond donors (Lipinski definition) is 2. The second-order valence-electron chi connectivity index (χ2n) is 4.41. The first-order valence-corrected chi connectivity index (χ1v) is 8.91. The summed E-state index contributed by atoms with van der Waals surface area (Å²) in [6.07, 6.45) is 1.07. The van der Waals surface area contributed by atoms with Crippen LogP contribution in [-0.2, 0) is 0 Å². The lowest BCUT2D eigenvalue weighted by Crippen LogP contribution is -2.29. The number of halogens is 1. The summed E-state index contributed by atoms with van der Waals surface area (Å²) in [6, 6.07) is 18.4. The SMILES string of the molecule is S=C(NCCCSc1ccccc1)Nc1cccc(Br)c1. The van der Waals surface area contributed by atoms with E-state index in [0.29, 0.717) is 5.11 Å². The summed E-state index contributed by atoms with van der Waals surface area (Å²) >= 11 is 10.6. The van der Waals surface area contributed by atoms with E-state index in [-0.39, 0.29) is 0 Å². The van der Waals surface area contributed by atoms with Crippen LogP contribution in [0.15, 0.2) is 64.0 Å². The second kappa shape index (κ2) is 9.07. The largest absolute Gasteiger partial charge is 0.362 e. The van der Waals surface area contributed by atoms with E-state index in [1.807, 2.05) is 42.1 Å². The molecule has 0 aliphatic heterocycles. The number of thioether (sulfide) groups is 1. The van der Waals surface area contributed by atoms with E-state index in [1.165, 1.54) is 4.90 Å². The molecule has 5 heteroatoms. The number of benzene rings is 2. The molecule has 0 saturated carbocycles. The zero-order valence-corrected chi connectivity index (χ0v) is 14.7. The average Bonchev–Trinajstić information content (AvgIpc) is 2.48. The summed E-state index contributed by atoms with van der Waals surface area (Å²) in [4.78, 5) is 1.31. The second-order valence-corrected chi connectivity index (χ2v) is 6.90. The van der Waals surface area contributed by atoms with Crippen molar-refractivity contribution >= 4 is 50.7 Å². The monoisotopic (exact) mass is 380 g/mol. The Kier molecular flexibility index (Phi) is 7.06. The molecule has 0 amide bonds. The van der Waals surface area contributed by atoms with Crippen LogP contribution >= 0.6 is 39.9 Å². The average molecular weight is 381 g/mol. The maximum Gasteiger partial charge on any atom is 0.170 e.